The van der Waals surface area contributed by atoms with Gasteiger partial charge in [0, 0.05) is 0 Å². The SMILES string of the molecule is [Ga+3].[O-][As]([O-])[O-]. The van der Waals surface area contributed by atoms with Crippen LogP contribution in [0.15, 0.2) is 0 Å². The van der Waals surface area contributed by atoms with Crippen LogP contribution >= 0.6 is 0 Å². The Morgan fingerprint density at radius 3 is 1.00 bits per heavy atom. The fourth-order valence-corrected chi connectivity index (χ4v) is 0. The summed E-state index contributed by atoms with van der Waals surface area (Å²) in [7, 11) is 0. The van der Waals surface area contributed by atoms with Crippen molar-refractivity contribution < 1.29 is 12.3 Å². The van der Waals surface area contributed by atoms with E-state index >= 15 is 0 Å². The van der Waals surface area contributed by atoms with E-state index in [1.807, 2.05) is 0 Å². The van der Waals surface area contributed by atoms with E-state index in [0.29, 0.717) is 0 Å². The van der Waals surface area contributed by atoms with Crippen molar-refractivity contribution in [2.75, 3.05) is 0 Å². The van der Waals surface area contributed by atoms with Crippen LogP contribution in [0.4, 0.5) is 0 Å². The van der Waals surface area contributed by atoms with Crippen molar-refractivity contribution >= 4 is 35.5 Å². The second kappa shape index (κ2) is 5.07. The fourth-order valence-electron chi connectivity index (χ4n) is 0. The predicted octanol–water partition coefficient (Wildman–Crippen LogP) is -4.33. The van der Waals surface area contributed by atoms with Crippen molar-refractivity contribution in [1.82, 2.24) is 0 Å². The van der Waals surface area contributed by atoms with Crippen molar-refractivity contribution in [3.63, 3.8) is 0 Å². The van der Waals surface area contributed by atoms with Gasteiger partial charge >= 0.3 is 47.8 Å². The number of hydrogen-bond donors (Lipinski definition) is 0. The maximum atomic E-state index is 8.56. The Morgan fingerprint density at radius 2 is 1.00 bits per heavy atom. The monoisotopic (exact) mass is 192 g/mol. The molecule has 0 saturated carbocycles. The molecule has 0 aromatic carbocycles. The van der Waals surface area contributed by atoms with Crippen LogP contribution in [0.2, 0.25) is 0 Å². The zero-order chi connectivity index (χ0) is 3.58. The summed E-state index contributed by atoms with van der Waals surface area (Å²) < 4.78 is 25.7. The van der Waals surface area contributed by atoms with Crippen LogP contribution in [0.5, 0.6) is 0 Å². The first kappa shape index (κ1) is 9.42. The van der Waals surface area contributed by atoms with Crippen molar-refractivity contribution in [1.29, 1.82) is 0 Å². The quantitative estimate of drug-likeness (QED) is 0.365. The van der Waals surface area contributed by atoms with Gasteiger partial charge < -0.3 is 0 Å². The van der Waals surface area contributed by atoms with Crippen molar-refractivity contribution in [2.24, 2.45) is 0 Å². The van der Waals surface area contributed by atoms with E-state index in [1.54, 1.807) is 0 Å². The molecule has 26 valence electrons. The van der Waals surface area contributed by atoms with Crippen LogP contribution < -0.4 is 12.3 Å². The first-order valence-electron chi connectivity index (χ1n) is 0.548. The Hall–Kier alpha value is 1.07. The van der Waals surface area contributed by atoms with Crippen molar-refractivity contribution in [3.8, 4) is 0 Å². The third-order valence-corrected chi connectivity index (χ3v) is 0. The van der Waals surface area contributed by atoms with E-state index < -0.39 is 15.7 Å². The molecular formula is AsGaO3. The standard InChI is InChI=1S/AsO3.Ga/c2-1(3)4;/q-3;+3. The Balaban J connectivity index is 0. The zero-order valence-corrected chi connectivity index (χ0v) is 6.55. The molecule has 0 unspecified atom stereocenters. The Bertz CT molecular complexity index is 11.6. The van der Waals surface area contributed by atoms with E-state index in [0.717, 1.165) is 0 Å². The Labute approximate surface area is 48.0 Å². The van der Waals surface area contributed by atoms with Crippen molar-refractivity contribution in [3.05, 3.63) is 0 Å². The molecule has 0 saturated heterocycles. The molecule has 0 aromatic heterocycles. The van der Waals surface area contributed by atoms with Gasteiger partial charge in [0.15, 0.2) is 0 Å². The summed E-state index contributed by atoms with van der Waals surface area (Å²) in [5.74, 6) is 0. The summed E-state index contributed by atoms with van der Waals surface area (Å²) in [4.78, 5) is 0. The molecule has 0 aliphatic heterocycles. The van der Waals surface area contributed by atoms with Gasteiger partial charge in [-0.3, -0.25) is 0 Å². The zero-order valence-electron chi connectivity index (χ0n) is 2.25. The average molecular weight is 193 g/mol. The van der Waals surface area contributed by atoms with Crippen LogP contribution in [0, 0.1) is 0 Å². The van der Waals surface area contributed by atoms with Gasteiger partial charge in [0.2, 0.25) is 0 Å². The normalized spacial score (nSPS) is 7.20. The molecule has 0 fully saturated rings. The summed E-state index contributed by atoms with van der Waals surface area (Å²) in [6.07, 6.45) is 0. The van der Waals surface area contributed by atoms with Gasteiger partial charge in [-0.05, 0) is 0 Å². The van der Waals surface area contributed by atoms with Crippen LogP contribution in [-0.2, 0) is 0 Å². The molecule has 5 heteroatoms. The van der Waals surface area contributed by atoms with Crippen LogP contribution in [-0.4, -0.2) is 35.5 Å². The fraction of sp³-hybridized carbons (Fsp3) is 0. The van der Waals surface area contributed by atoms with E-state index in [2.05, 4.69) is 0 Å². The molecule has 0 heterocycles. The molecule has 0 bridgehead atoms. The molecule has 5 heavy (non-hydrogen) atoms. The minimum absolute atomic E-state index is 0. The molecule has 0 amide bonds. The van der Waals surface area contributed by atoms with E-state index in [1.165, 1.54) is 0 Å². The molecule has 0 rings (SSSR count). The maximum absolute atomic E-state index is 8.56. The molecule has 0 N–H and O–H groups in total. The molecule has 0 aliphatic carbocycles. The van der Waals surface area contributed by atoms with Gasteiger partial charge in [-0.1, -0.05) is 0 Å². The third-order valence-electron chi connectivity index (χ3n) is 0. The van der Waals surface area contributed by atoms with Gasteiger partial charge in [0.1, 0.15) is 0 Å². The molecule has 0 atom stereocenters. The van der Waals surface area contributed by atoms with E-state index in [4.69, 9.17) is 12.3 Å². The van der Waals surface area contributed by atoms with Crippen LogP contribution in [0.1, 0.15) is 0 Å². The van der Waals surface area contributed by atoms with Crippen LogP contribution in [0.3, 0.4) is 0 Å². The molecule has 0 aromatic rings. The summed E-state index contributed by atoms with van der Waals surface area (Å²) in [6.45, 7) is 0. The van der Waals surface area contributed by atoms with Crippen LogP contribution in [0.25, 0.3) is 0 Å². The summed E-state index contributed by atoms with van der Waals surface area (Å²) in [5, 5.41) is 0. The second-order valence-corrected chi connectivity index (χ2v) is 1.16. The van der Waals surface area contributed by atoms with Gasteiger partial charge in [0.25, 0.3) is 0 Å². The summed E-state index contributed by atoms with van der Waals surface area (Å²) >= 11 is -3.94. The van der Waals surface area contributed by atoms with E-state index in [-0.39, 0.29) is 19.8 Å². The second-order valence-electron chi connectivity index (χ2n) is 0.224. The van der Waals surface area contributed by atoms with Gasteiger partial charge in [-0.15, -0.1) is 0 Å². The molecule has 0 radical (unpaired) electrons. The molecule has 3 nitrogen and oxygen atoms in total. The summed E-state index contributed by atoms with van der Waals surface area (Å²) in [5.41, 5.74) is 0. The first-order chi connectivity index (χ1) is 1.73. The molecular weight excluding hydrogens is 193 g/mol. The van der Waals surface area contributed by atoms with E-state index in [9.17, 15) is 0 Å². The summed E-state index contributed by atoms with van der Waals surface area (Å²) in [6, 6.07) is 0. The molecule has 0 spiro atoms. The Morgan fingerprint density at radius 1 is 1.00 bits per heavy atom. The van der Waals surface area contributed by atoms with Gasteiger partial charge in [-0.25, -0.2) is 0 Å². The van der Waals surface area contributed by atoms with Gasteiger partial charge in [0.05, 0.1) is 0 Å². The van der Waals surface area contributed by atoms with Crippen molar-refractivity contribution in [2.45, 2.75) is 0 Å². The Kier molecular flexibility index (Phi) is 9.56. The molecule has 0 aliphatic rings. The first-order valence-corrected chi connectivity index (χ1v) is 2.85. The topological polar surface area (TPSA) is 69.2 Å². The predicted molar refractivity (Wildman–Crippen MR) is 11.5 cm³/mol. The number of hydrogen-bond acceptors (Lipinski definition) is 3. The van der Waals surface area contributed by atoms with Gasteiger partial charge in [-0.2, -0.15) is 0 Å². The average Bonchev–Trinajstić information content (AvgIpc) is 0.811. The number of rotatable bonds is 0. The minimum atomic E-state index is -3.94. The third kappa shape index (κ3) is 41.5.